The van der Waals surface area contributed by atoms with E-state index in [0.29, 0.717) is 12.2 Å². The molecule has 1 rings (SSSR count). The monoisotopic (exact) mass is 240 g/mol. The third-order valence-electron chi connectivity index (χ3n) is 2.45. The fourth-order valence-electron chi connectivity index (χ4n) is 1.23. The van der Waals surface area contributed by atoms with Gasteiger partial charge >= 0.3 is 0 Å². The van der Waals surface area contributed by atoms with Gasteiger partial charge in [-0.2, -0.15) is 0 Å². The van der Waals surface area contributed by atoms with Crippen LogP contribution in [0.3, 0.4) is 0 Å². The number of aromatic amines is 1. The molecule has 96 valence electrons. The summed E-state index contributed by atoms with van der Waals surface area (Å²) in [6.45, 7) is 7.76. The first-order valence-electron chi connectivity index (χ1n) is 5.73. The number of amides is 1. The second kappa shape index (κ2) is 5.27. The van der Waals surface area contributed by atoms with Crippen LogP contribution < -0.4 is 5.32 Å². The van der Waals surface area contributed by atoms with Crippen LogP contribution in [0.4, 0.5) is 0 Å². The zero-order chi connectivity index (χ0) is 13.1. The maximum absolute atomic E-state index is 11.7. The molecule has 17 heavy (non-hydrogen) atoms. The Kier molecular flexibility index (Phi) is 4.22. The van der Waals surface area contributed by atoms with Crippen LogP contribution in [0.25, 0.3) is 0 Å². The van der Waals surface area contributed by atoms with Crippen molar-refractivity contribution in [1.82, 2.24) is 20.5 Å². The van der Waals surface area contributed by atoms with Crippen molar-refractivity contribution in [2.24, 2.45) is 0 Å². The molecule has 0 spiro atoms. The van der Waals surface area contributed by atoms with E-state index < -0.39 is 0 Å². The Morgan fingerprint density at radius 3 is 2.59 bits per heavy atom. The molecule has 1 atom stereocenters. The molecule has 1 heterocycles. The summed E-state index contributed by atoms with van der Waals surface area (Å²) in [7, 11) is 0. The van der Waals surface area contributed by atoms with Crippen LogP contribution in [0.1, 0.15) is 50.6 Å². The van der Waals surface area contributed by atoms with Crippen molar-refractivity contribution in [1.29, 1.82) is 0 Å². The fourth-order valence-corrected chi connectivity index (χ4v) is 1.23. The average molecular weight is 240 g/mol. The minimum Gasteiger partial charge on any atom is -0.394 e. The Hall–Kier alpha value is -1.43. The van der Waals surface area contributed by atoms with Crippen molar-refractivity contribution in [3.05, 3.63) is 11.6 Å². The number of nitrogens with zero attached hydrogens (tertiary/aromatic N) is 2. The van der Waals surface area contributed by atoms with Gasteiger partial charge in [-0.25, -0.2) is 4.98 Å². The molecule has 6 nitrogen and oxygen atoms in total. The van der Waals surface area contributed by atoms with Gasteiger partial charge in [0.2, 0.25) is 5.82 Å². The standard InChI is InChI=1S/C11H20N4O2/c1-5-7(6-16)12-9(17)8-13-10(15-14-8)11(2,3)4/h7,16H,5-6H2,1-4H3,(H,12,17)(H,13,14,15)/t7-/m0/s1. The zero-order valence-corrected chi connectivity index (χ0v) is 10.7. The Bertz CT molecular complexity index is 377. The Balaban J connectivity index is 2.74. The Morgan fingerprint density at radius 2 is 2.18 bits per heavy atom. The molecule has 0 aliphatic carbocycles. The highest BCUT2D eigenvalue weighted by atomic mass is 16.3. The second-order valence-corrected chi connectivity index (χ2v) is 5.02. The highest BCUT2D eigenvalue weighted by Gasteiger charge is 2.22. The molecule has 1 amide bonds. The van der Waals surface area contributed by atoms with E-state index >= 15 is 0 Å². The molecule has 0 saturated heterocycles. The van der Waals surface area contributed by atoms with E-state index in [1.54, 1.807) is 0 Å². The molecule has 0 saturated carbocycles. The second-order valence-electron chi connectivity index (χ2n) is 5.02. The number of hydrogen-bond donors (Lipinski definition) is 3. The third-order valence-corrected chi connectivity index (χ3v) is 2.45. The van der Waals surface area contributed by atoms with E-state index in [9.17, 15) is 4.79 Å². The van der Waals surface area contributed by atoms with Crippen LogP contribution in [0, 0.1) is 0 Å². The van der Waals surface area contributed by atoms with Gasteiger partial charge in [0.05, 0.1) is 12.6 Å². The molecule has 0 aliphatic heterocycles. The van der Waals surface area contributed by atoms with Crippen LogP contribution in [-0.4, -0.2) is 38.8 Å². The summed E-state index contributed by atoms with van der Waals surface area (Å²) in [5.41, 5.74) is -0.174. The lowest BCUT2D eigenvalue weighted by Crippen LogP contribution is -2.37. The quantitative estimate of drug-likeness (QED) is 0.719. The van der Waals surface area contributed by atoms with Gasteiger partial charge in [-0.15, -0.1) is 5.10 Å². The lowest BCUT2D eigenvalue weighted by Gasteiger charge is -2.13. The SMILES string of the molecule is CC[C@@H](CO)NC(=O)c1n[nH]c(C(C)(C)C)n1. The lowest BCUT2D eigenvalue weighted by molar-refractivity contribution is 0.0904. The van der Waals surface area contributed by atoms with Gasteiger partial charge in [0, 0.05) is 5.41 Å². The molecular formula is C11H20N4O2. The number of H-pyrrole nitrogens is 1. The number of rotatable bonds is 4. The number of hydrogen-bond acceptors (Lipinski definition) is 4. The smallest absolute Gasteiger partial charge is 0.291 e. The van der Waals surface area contributed by atoms with E-state index in [1.165, 1.54) is 0 Å². The molecule has 1 aromatic heterocycles. The minimum absolute atomic E-state index is 0.0845. The van der Waals surface area contributed by atoms with E-state index in [1.807, 2.05) is 27.7 Å². The van der Waals surface area contributed by atoms with Crippen molar-refractivity contribution in [3.63, 3.8) is 0 Å². The maximum Gasteiger partial charge on any atom is 0.291 e. The first kappa shape index (κ1) is 13.6. The molecule has 0 radical (unpaired) electrons. The van der Waals surface area contributed by atoms with Gasteiger partial charge in [0.15, 0.2) is 0 Å². The molecule has 0 fully saturated rings. The summed E-state index contributed by atoms with van der Waals surface area (Å²) in [6.07, 6.45) is 0.665. The fraction of sp³-hybridized carbons (Fsp3) is 0.727. The van der Waals surface area contributed by atoms with Crippen molar-refractivity contribution >= 4 is 5.91 Å². The number of nitrogens with one attached hydrogen (secondary N) is 2. The molecule has 6 heteroatoms. The van der Waals surface area contributed by atoms with E-state index in [4.69, 9.17) is 5.11 Å². The van der Waals surface area contributed by atoms with Crippen LogP contribution in [-0.2, 0) is 5.41 Å². The van der Waals surface area contributed by atoms with Gasteiger partial charge < -0.3 is 10.4 Å². The largest absolute Gasteiger partial charge is 0.394 e. The number of aromatic nitrogens is 3. The van der Waals surface area contributed by atoms with Gasteiger partial charge in [0.25, 0.3) is 5.91 Å². The number of carbonyl (C=O) groups excluding carboxylic acids is 1. The Morgan fingerprint density at radius 1 is 1.53 bits per heavy atom. The van der Waals surface area contributed by atoms with Crippen molar-refractivity contribution in [2.45, 2.75) is 45.6 Å². The molecule has 0 aliphatic rings. The molecule has 0 unspecified atom stereocenters. The maximum atomic E-state index is 11.7. The van der Waals surface area contributed by atoms with Crippen LogP contribution in [0.5, 0.6) is 0 Å². The van der Waals surface area contributed by atoms with Crippen LogP contribution in [0.2, 0.25) is 0 Å². The van der Waals surface area contributed by atoms with E-state index in [0.717, 1.165) is 0 Å². The van der Waals surface area contributed by atoms with E-state index in [2.05, 4.69) is 20.5 Å². The predicted octanol–water partition coefficient (Wildman–Crippen LogP) is 0.603. The molecule has 0 aromatic carbocycles. The molecular weight excluding hydrogens is 220 g/mol. The summed E-state index contributed by atoms with van der Waals surface area (Å²) in [5.74, 6) is 0.416. The number of carbonyl (C=O) groups is 1. The van der Waals surface area contributed by atoms with Crippen molar-refractivity contribution in [3.8, 4) is 0 Å². The van der Waals surface area contributed by atoms with E-state index in [-0.39, 0.29) is 29.8 Å². The molecule has 3 N–H and O–H groups in total. The number of aliphatic hydroxyl groups is 1. The van der Waals surface area contributed by atoms with Gasteiger partial charge in [-0.1, -0.05) is 27.7 Å². The first-order valence-corrected chi connectivity index (χ1v) is 5.73. The molecule has 0 bridgehead atoms. The van der Waals surface area contributed by atoms with Crippen LogP contribution >= 0.6 is 0 Å². The topological polar surface area (TPSA) is 90.9 Å². The summed E-state index contributed by atoms with van der Waals surface area (Å²) >= 11 is 0. The highest BCUT2D eigenvalue weighted by molar-refractivity contribution is 5.90. The average Bonchev–Trinajstić information content (AvgIpc) is 2.74. The summed E-state index contributed by atoms with van der Waals surface area (Å²) in [5, 5.41) is 18.3. The summed E-state index contributed by atoms with van der Waals surface area (Å²) in [4.78, 5) is 15.9. The zero-order valence-electron chi connectivity index (χ0n) is 10.7. The van der Waals surface area contributed by atoms with Gasteiger partial charge in [0.1, 0.15) is 5.82 Å². The van der Waals surface area contributed by atoms with Crippen molar-refractivity contribution < 1.29 is 9.90 Å². The van der Waals surface area contributed by atoms with Gasteiger partial charge in [-0.05, 0) is 6.42 Å². The lowest BCUT2D eigenvalue weighted by atomic mass is 9.96. The minimum atomic E-state index is -0.363. The van der Waals surface area contributed by atoms with Crippen LogP contribution in [0.15, 0.2) is 0 Å². The summed E-state index contributed by atoms with van der Waals surface area (Å²) in [6, 6.07) is -0.251. The Labute approximate surface area is 101 Å². The summed E-state index contributed by atoms with van der Waals surface area (Å²) < 4.78 is 0. The normalized spacial score (nSPS) is 13.5. The van der Waals surface area contributed by atoms with Crippen molar-refractivity contribution in [2.75, 3.05) is 6.61 Å². The highest BCUT2D eigenvalue weighted by Crippen LogP contribution is 2.17. The molecule has 1 aromatic rings. The predicted molar refractivity (Wildman–Crippen MR) is 63.7 cm³/mol. The third kappa shape index (κ3) is 3.52. The first-order chi connectivity index (χ1) is 7.88. The van der Waals surface area contributed by atoms with Gasteiger partial charge in [-0.3, -0.25) is 9.89 Å². The number of aliphatic hydroxyl groups excluding tert-OH is 1.